The summed E-state index contributed by atoms with van der Waals surface area (Å²) in [5.41, 5.74) is 0.791. The molecule has 1 saturated heterocycles. The SMILES string of the molecule is C=C/C(C#N)=C\C(=NC)N1CC2(CCC2)c2c(N3CCN(C(=O)C4(CF)CC4)C(C)C3)ncnc21. The Morgan fingerprint density at radius 2 is 2.06 bits per heavy atom. The number of nitrogens with zero attached hydrogens (tertiary/aromatic N) is 7. The minimum Gasteiger partial charge on any atom is -0.352 e. The number of rotatable bonds is 5. The van der Waals surface area contributed by atoms with Gasteiger partial charge in [-0.25, -0.2) is 14.4 Å². The Labute approximate surface area is 205 Å². The van der Waals surface area contributed by atoms with Gasteiger partial charge in [0.1, 0.15) is 30.5 Å². The first kappa shape index (κ1) is 23.5. The predicted molar refractivity (Wildman–Crippen MR) is 133 cm³/mol. The molecule has 1 spiro atoms. The molecule has 5 rings (SSSR count). The standard InChI is InChI=1S/C26H32FN7O/c1-4-19(13-28)12-20(29-3)34-16-26(6-5-7-26)21-22(30-17-31-23(21)34)32-10-11-33(18(2)14-32)24(35)25(15-27)8-9-25/h4,12,17-18H,1,5-11,14-16H2,2-3H3/b19-12+,29-20?. The van der Waals surface area contributed by atoms with E-state index in [1.807, 2.05) is 11.8 Å². The molecular weight excluding hydrogens is 445 g/mol. The molecule has 0 bridgehead atoms. The van der Waals surface area contributed by atoms with Crippen LogP contribution in [-0.4, -0.2) is 72.6 Å². The predicted octanol–water partition coefficient (Wildman–Crippen LogP) is 3.17. The van der Waals surface area contributed by atoms with Gasteiger partial charge in [-0.15, -0.1) is 0 Å². The van der Waals surface area contributed by atoms with E-state index in [0.29, 0.717) is 43.9 Å². The molecule has 3 fully saturated rings. The number of fused-ring (bicyclic) bond motifs is 2. The first-order chi connectivity index (χ1) is 16.9. The Hall–Kier alpha value is -3.28. The summed E-state index contributed by atoms with van der Waals surface area (Å²) in [5.74, 6) is 2.41. The molecule has 1 atom stereocenters. The molecule has 184 valence electrons. The van der Waals surface area contributed by atoms with Crippen LogP contribution in [0, 0.1) is 16.7 Å². The van der Waals surface area contributed by atoms with E-state index in [9.17, 15) is 14.4 Å². The van der Waals surface area contributed by atoms with E-state index in [-0.39, 0.29) is 17.4 Å². The third kappa shape index (κ3) is 3.70. The number of hydrogen-bond acceptors (Lipinski definition) is 6. The molecule has 1 unspecified atom stereocenters. The first-order valence-corrected chi connectivity index (χ1v) is 12.4. The minimum absolute atomic E-state index is 0.0257. The molecule has 3 heterocycles. The number of aromatic nitrogens is 2. The van der Waals surface area contributed by atoms with Crippen LogP contribution >= 0.6 is 0 Å². The maximum atomic E-state index is 13.5. The van der Waals surface area contributed by atoms with E-state index in [1.165, 1.54) is 6.08 Å². The number of piperazine rings is 1. The number of carbonyl (C=O) groups is 1. The van der Waals surface area contributed by atoms with Crippen molar-refractivity contribution in [2.75, 3.05) is 49.7 Å². The lowest BCUT2D eigenvalue weighted by molar-refractivity contribution is -0.140. The highest BCUT2D eigenvalue weighted by atomic mass is 19.1. The molecule has 2 saturated carbocycles. The van der Waals surface area contributed by atoms with Crippen LogP contribution in [0.5, 0.6) is 0 Å². The van der Waals surface area contributed by atoms with Crippen molar-refractivity contribution in [1.82, 2.24) is 14.9 Å². The molecule has 2 aliphatic heterocycles. The third-order valence-electron chi connectivity index (χ3n) is 8.25. The van der Waals surface area contributed by atoms with Gasteiger partial charge in [-0.05, 0) is 38.7 Å². The van der Waals surface area contributed by atoms with Crippen LogP contribution in [0.1, 0.15) is 44.6 Å². The topological polar surface area (TPSA) is 88.7 Å². The van der Waals surface area contributed by atoms with Gasteiger partial charge in [-0.1, -0.05) is 19.1 Å². The zero-order valence-electron chi connectivity index (χ0n) is 20.5. The quantitative estimate of drug-likeness (QED) is 0.280. The normalized spacial score (nSPS) is 24.6. The van der Waals surface area contributed by atoms with Crippen molar-refractivity contribution in [3.05, 3.63) is 36.2 Å². The molecule has 1 aromatic rings. The summed E-state index contributed by atoms with van der Waals surface area (Å²) < 4.78 is 13.5. The highest BCUT2D eigenvalue weighted by Gasteiger charge is 2.54. The average molecular weight is 478 g/mol. The van der Waals surface area contributed by atoms with Gasteiger partial charge in [0.05, 0.1) is 17.1 Å². The summed E-state index contributed by atoms with van der Waals surface area (Å²) in [6, 6.07) is 2.13. The molecule has 0 aromatic carbocycles. The summed E-state index contributed by atoms with van der Waals surface area (Å²) >= 11 is 0. The van der Waals surface area contributed by atoms with Gasteiger partial charge in [-0.2, -0.15) is 5.26 Å². The number of nitriles is 1. The second kappa shape index (κ2) is 8.74. The molecule has 9 heteroatoms. The third-order valence-corrected chi connectivity index (χ3v) is 8.25. The number of halogens is 1. The van der Waals surface area contributed by atoms with Crippen molar-refractivity contribution in [2.45, 2.75) is 50.5 Å². The van der Waals surface area contributed by atoms with E-state index in [4.69, 9.17) is 4.98 Å². The van der Waals surface area contributed by atoms with Gasteiger partial charge in [0, 0.05) is 50.2 Å². The van der Waals surface area contributed by atoms with E-state index in [0.717, 1.165) is 43.0 Å². The fourth-order valence-electron chi connectivity index (χ4n) is 5.79. The fourth-order valence-corrected chi connectivity index (χ4v) is 5.79. The Morgan fingerprint density at radius 1 is 1.31 bits per heavy atom. The highest BCUT2D eigenvalue weighted by Crippen LogP contribution is 2.55. The summed E-state index contributed by atoms with van der Waals surface area (Å²) in [7, 11) is 1.72. The summed E-state index contributed by atoms with van der Waals surface area (Å²) in [5, 5.41) is 9.39. The van der Waals surface area contributed by atoms with Crippen LogP contribution in [-0.2, 0) is 10.2 Å². The Bertz CT molecular complexity index is 1140. The van der Waals surface area contributed by atoms with Gasteiger partial charge >= 0.3 is 0 Å². The lowest BCUT2D eigenvalue weighted by Gasteiger charge is -2.44. The summed E-state index contributed by atoms with van der Waals surface area (Å²) in [4.78, 5) is 33.1. The lowest BCUT2D eigenvalue weighted by Crippen LogP contribution is -2.56. The van der Waals surface area contributed by atoms with Crippen LogP contribution < -0.4 is 9.80 Å². The second-order valence-electron chi connectivity index (χ2n) is 10.3. The number of hydrogen-bond donors (Lipinski definition) is 0. The number of amidine groups is 1. The minimum atomic E-state index is -0.764. The molecule has 35 heavy (non-hydrogen) atoms. The van der Waals surface area contributed by atoms with Crippen molar-refractivity contribution < 1.29 is 9.18 Å². The van der Waals surface area contributed by atoms with E-state index in [1.54, 1.807) is 19.5 Å². The first-order valence-electron chi connectivity index (χ1n) is 12.4. The average Bonchev–Trinajstić information content (AvgIpc) is 3.58. The number of anilines is 2. The number of alkyl halides is 1. The number of carbonyl (C=O) groups excluding carboxylic acids is 1. The summed E-state index contributed by atoms with van der Waals surface area (Å²) in [6.07, 6.45) is 9.44. The molecule has 0 N–H and O–H groups in total. The van der Waals surface area contributed by atoms with Crippen LogP contribution in [0.4, 0.5) is 16.0 Å². The van der Waals surface area contributed by atoms with Crippen LogP contribution in [0.3, 0.4) is 0 Å². The van der Waals surface area contributed by atoms with E-state index >= 15 is 0 Å². The van der Waals surface area contributed by atoms with Gasteiger partial charge in [-0.3, -0.25) is 9.79 Å². The van der Waals surface area contributed by atoms with Gasteiger partial charge in [0.15, 0.2) is 0 Å². The molecule has 0 radical (unpaired) electrons. The molecule has 1 aromatic heterocycles. The van der Waals surface area contributed by atoms with Crippen molar-refractivity contribution >= 4 is 23.4 Å². The van der Waals surface area contributed by atoms with E-state index in [2.05, 4.69) is 32.4 Å². The van der Waals surface area contributed by atoms with Crippen molar-refractivity contribution in [2.24, 2.45) is 10.4 Å². The second-order valence-corrected chi connectivity index (χ2v) is 10.3. The van der Waals surface area contributed by atoms with Gasteiger partial charge < -0.3 is 14.7 Å². The van der Waals surface area contributed by atoms with Crippen LogP contribution in [0.25, 0.3) is 0 Å². The zero-order valence-corrected chi connectivity index (χ0v) is 20.5. The van der Waals surface area contributed by atoms with Crippen LogP contribution in [0.2, 0.25) is 0 Å². The maximum Gasteiger partial charge on any atom is 0.231 e. The maximum absolute atomic E-state index is 13.5. The smallest absolute Gasteiger partial charge is 0.231 e. The molecule has 4 aliphatic rings. The molecule has 1 amide bonds. The lowest BCUT2D eigenvalue weighted by atomic mass is 9.66. The Balaban J connectivity index is 1.45. The van der Waals surface area contributed by atoms with Crippen molar-refractivity contribution in [3.63, 3.8) is 0 Å². The number of allylic oxidation sites excluding steroid dienone is 2. The largest absolute Gasteiger partial charge is 0.352 e. The Morgan fingerprint density at radius 3 is 2.60 bits per heavy atom. The monoisotopic (exact) mass is 477 g/mol. The Kier molecular flexibility index (Phi) is 5.86. The molecule has 8 nitrogen and oxygen atoms in total. The van der Waals surface area contributed by atoms with Crippen molar-refractivity contribution in [1.29, 1.82) is 5.26 Å². The molecule has 2 aliphatic carbocycles. The zero-order chi connectivity index (χ0) is 24.8. The van der Waals surface area contributed by atoms with Gasteiger partial charge in [0.2, 0.25) is 5.91 Å². The summed E-state index contributed by atoms with van der Waals surface area (Å²) in [6.45, 7) is 7.82. The van der Waals surface area contributed by atoms with Crippen LogP contribution in [0.15, 0.2) is 35.6 Å². The fraction of sp³-hybridized carbons (Fsp3) is 0.577. The molecular formula is C26H32FN7O. The van der Waals surface area contributed by atoms with Gasteiger partial charge in [0.25, 0.3) is 0 Å². The number of aliphatic imine (C=N–C) groups is 1. The number of amides is 1. The van der Waals surface area contributed by atoms with E-state index < -0.39 is 12.1 Å². The van der Waals surface area contributed by atoms with Crippen molar-refractivity contribution in [3.8, 4) is 6.07 Å². The highest BCUT2D eigenvalue weighted by molar-refractivity contribution is 6.08.